The van der Waals surface area contributed by atoms with Crippen LogP contribution in [0.5, 0.6) is 0 Å². The molecule has 0 aromatic carbocycles. The lowest BCUT2D eigenvalue weighted by atomic mass is 10.0. The zero-order valence-corrected chi connectivity index (χ0v) is 14.7. The van der Waals surface area contributed by atoms with Crippen LogP contribution in [-0.4, -0.2) is 82.9 Å². The van der Waals surface area contributed by atoms with Crippen molar-refractivity contribution in [3.63, 3.8) is 0 Å². The second-order valence-corrected chi connectivity index (χ2v) is 7.54. The fraction of sp³-hybridized carbons (Fsp3) is 0.824. The Morgan fingerprint density at radius 3 is 2.42 bits per heavy atom. The first kappa shape index (κ1) is 17.0. The molecular weight excluding hydrogens is 308 g/mol. The third kappa shape index (κ3) is 3.35. The topological polar surface area (TPSA) is 64.2 Å². The molecule has 0 aromatic rings. The highest BCUT2D eigenvalue weighted by molar-refractivity contribution is 6.02. The van der Waals surface area contributed by atoms with Gasteiger partial charge in [0.15, 0.2) is 0 Å². The predicted octanol–water partition coefficient (Wildman–Crippen LogP) is 1.59. The molecule has 3 heterocycles. The molecule has 1 atom stereocenters. The maximum absolute atomic E-state index is 12.6. The van der Waals surface area contributed by atoms with E-state index in [1.165, 1.54) is 4.90 Å². The highest BCUT2D eigenvalue weighted by Gasteiger charge is 2.42. The van der Waals surface area contributed by atoms with Crippen LogP contribution in [0.1, 0.15) is 39.5 Å². The largest absolute Gasteiger partial charge is 0.327 e. The Labute approximate surface area is 143 Å². The Kier molecular flexibility index (Phi) is 4.96. The van der Waals surface area contributed by atoms with Crippen LogP contribution >= 0.6 is 0 Å². The minimum Gasteiger partial charge on any atom is -0.325 e. The van der Waals surface area contributed by atoms with Gasteiger partial charge in [-0.3, -0.25) is 9.69 Å². The number of hydrogen-bond donors (Lipinski definition) is 0. The Morgan fingerprint density at radius 1 is 1.08 bits per heavy atom. The van der Waals surface area contributed by atoms with E-state index in [1.807, 2.05) is 23.6 Å². The first-order valence-corrected chi connectivity index (χ1v) is 9.12. The molecule has 0 aromatic heterocycles. The molecule has 0 N–H and O–H groups in total. The number of urea groups is 2. The molecule has 3 aliphatic rings. The van der Waals surface area contributed by atoms with Crippen LogP contribution in [0.2, 0.25) is 0 Å². The van der Waals surface area contributed by atoms with Gasteiger partial charge in [-0.1, -0.05) is 13.8 Å². The predicted molar refractivity (Wildman–Crippen MR) is 89.5 cm³/mol. The first-order valence-electron chi connectivity index (χ1n) is 9.12. The summed E-state index contributed by atoms with van der Waals surface area (Å²) in [5, 5.41) is 0. The van der Waals surface area contributed by atoms with Crippen LogP contribution in [0.3, 0.4) is 0 Å². The summed E-state index contributed by atoms with van der Waals surface area (Å²) in [5.41, 5.74) is 0. The molecule has 3 aliphatic heterocycles. The van der Waals surface area contributed by atoms with Crippen molar-refractivity contribution in [1.29, 1.82) is 0 Å². The minimum absolute atomic E-state index is 0.0651. The first-order chi connectivity index (χ1) is 11.5. The number of carbonyl (C=O) groups is 3. The summed E-state index contributed by atoms with van der Waals surface area (Å²) in [6.07, 6.45) is 3.76. The van der Waals surface area contributed by atoms with Crippen molar-refractivity contribution in [1.82, 2.24) is 19.6 Å². The molecule has 0 bridgehead atoms. The number of likely N-dealkylation sites (tertiary alicyclic amines) is 2. The molecular formula is C17H28N4O3. The third-order valence-corrected chi connectivity index (χ3v) is 5.07. The minimum atomic E-state index is -0.186. The zero-order valence-electron chi connectivity index (χ0n) is 14.7. The number of piperidine rings is 1. The summed E-state index contributed by atoms with van der Waals surface area (Å²) in [4.78, 5) is 44.3. The molecule has 0 radical (unpaired) electrons. The van der Waals surface area contributed by atoms with Gasteiger partial charge in [0.25, 0.3) is 5.91 Å². The van der Waals surface area contributed by atoms with Crippen molar-refractivity contribution in [2.75, 3.05) is 39.3 Å². The molecule has 0 spiro atoms. The number of nitrogens with zero attached hydrogens (tertiary/aromatic N) is 4. The average molecular weight is 336 g/mol. The van der Waals surface area contributed by atoms with Crippen molar-refractivity contribution >= 4 is 18.0 Å². The smallest absolute Gasteiger partial charge is 0.325 e. The summed E-state index contributed by atoms with van der Waals surface area (Å²) in [7, 11) is 0. The molecule has 24 heavy (non-hydrogen) atoms. The van der Waals surface area contributed by atoms with Crippen LogP contribution in [0.25, 0.3) is 0 Å². The maximum atomic E-state index is 12.6. The van der Waals surface area contributed by atoms with Crippen LogP contribution in [0.4, 0.5) is 9.59 Å². The fourth-order valence-corrected chi connectivity index (χ4v) is 3.96. The molecule has 1 unspecified atom stereocenters. The lowest BCUT2D eigenvalue weighted by molar-refractivity contribution is -0.127. The molecule has 3 rings (SSSR count). The number of imide groups is 1. The van der Waals surface area contributed by atoms with Gasteiger partial charge in [0.05, 0.1) is 6.04 Å². The van der Waals surface area contributed by atoms with E-state index >= 15 is 0 Å². The molecule has 7 heteroatoms. The molecule has 5 amide bonds. The molecule has 7 nitrogen and oxygen atoms in total. The van der Waals surface area contributed by atoms with E-state index in [0.29, 0.717) is 19.0 Å². The third-order valence-electron chi connectivity index (χ3n) is 5.07. The van der Waals surface area contributed by atoms with Gasteiger partial charge in [0.1, 0.15) is 6.54 Å². The molecule has 134 valence electrons. The van der Waals surface area contributed by atoms with Crippen molar-refractivity contribution in [2.24, 2.45) is 5.92 Å². The van der Waals surface area contributed by atoms with E-state index in [9.17, 15) is 14.4 Å². The highest BCUT2D eigenvalue weighted by atomic mass is 16.2. The summed E-state index contributed by atoms with van der Waals surface area (Å²) in [5.74, 6) is 0.211. The molecule has 0 saturated carbocycles. The normalized spacial score (nSPS) is 25.4. The lowest BCUT2D eigenvalue weighted by Gasteiger charge is -2.38. The van der Waals surface area contributed by atoms with Gasteiger partial charge in [0, 0.05) is 32.7 Å². The summed E-state index contributed by atoms with van der Waals surface area (Å²) in [6, 6.07) is -0.299. The van der Waals surface area contributed by atoms with E-state index in [-0.39, 0.29) is 30.6 Å². The van der Waals surface area contributed by atoms with Gasteiger partial charge in [-0.2, -0.15) is 0 Å². The molecule has 3 fully saturated rings. The van der Waals surface area contributed by atoms with Gasteiger partial charge in [-0.25, -0.2) is 9.59 Å². The number of rotatable bonds is 3. The SMILES string of the molecule is CC(C)CN1CC(=O)N(C2CCCN(C(=O)N3CCCC3)C2)C1=O. The second kappa shape index (κ2) is 6.99. The van der Waals surface area contributed by atoms with Crippen LogP contribution in [0, 0.1) is 5.92 Å². The zero-order chi connectivity index (χ0) is 17.3. The van der Waals surface area contributed by atoms with E-state index in [1.54, 1.807) is 4.90 Å². The van der Waals surface area contributed by atoms with Gasteiger partial charge < -0.3 is 14.7 Å². The quantitative estimate of drug-likeness (QED) is 0.735. The van der Waals surface area contributed by atoms with E-state index in [2.05, 4.69) is 0 Å². The summed E-state index contributed by atoms with van der Waals surface area (Å²) in [6.45, 7) is 7.69. The Balaban J connectivity index is 1.64. The van der Waals surface area contributed by atoms with E-state index < -0.39 is 0 Å². The number of amides is 5. The second-order valence-electron chi connectivity index (χ2n) is 7.54. The van der Waals surface area contributed by atoms with Gasteiger partial charge in [-0.05, 0) is 31.6 Å². The lowest BCUT2D eigenvalue weighted by Crippen LogP contribution is -2.54. The highest BCUT2D eigenvalue weighted by Crippen LogP contribution is 2.23. The maximum Gasteiger partial charge on any atom is 0.327 e. The van der Waals surface area contributed by atoms with Crippen molar-refractivity contribution < 1.29 is 14.4 Å². The van der Waals surface area contributed by atoms with Crippen molar-refractivity contribution in [3.8, 4) is 0 Å². The van der Waals surface area contributed by atoms with Gasteiger partial charge >= 0.3 is 12.1 Å². The van der Waals surface area contributed by atoms with Crippen molar-refractivity contribution in [2.45, 2.75) is 45.6 Å². The monoisotopic (exact) mass is 336 g/mol. The molecule has 3 saturated heterocycles. The van der Waals surface area contributed by atoms with Gasteiger partial charge in [-0.15, -0.1) is 0 Å². The Morgan fingerprint density at radius 2 is 1.75 bits per heavy atom. The average Bonchev–Trinajstić information content (AvgIpc) is 3.16. The van der Waals surface area contributed by atoms with Crippen LogP contribution in [0.15, 0.2) is 0 Å². The van der Waals surface area contributed by atoms with Crippen LogP contribution in [-0.2, 0) is 4.79 Å². The van der Waals surface area contributed by atoms with Crippen LogP contribution < -0.4 is 0 Å². The number of carbonyl (C=O) groups excluding carboxylic acids is 3. The number of hydrogen-bond acceptors (Lipinski definition) is 3. The Hall–Kier alpha value is -1.79. The summed E-state index contributed by atoms with van der Waals surface area (Å²) >= 11 is 0. The van der Waals surface area contributed by atoms with E-state index in [4.69, 9.17) is 0 Å². The van der Waals surface area contributed by atoms with E-state index in [0.717, 1.165) is 45.3 Å². The fourth-order valence-electron chi connectivity index (χ4n) is 3.96. The Bertz CT molecular complexity index is 516. The summed E-state index contributed by atoms with van der Waals surface area (Å²) < 4.78 is 0. The molecule has 0 aliphatic carbocycles. The van der Waals surface area contributed by atoms with Crippen molar-refractivity contribution in [3.05, 3.63) is 0 Å². The van der Waals surface area contributed by atoms with Gasteiger partial charge in [0.2, 0.25) is 0 Å². The standard InChI is InChI=1S/C17H28N4O3/c1-13(2)10-20-12-15(22)21(17(20)24)14-6-5-9-19(11-14)16(23)18-7-3-4-8-18/h13-14H,3-12H2,1-2H3.